The normalized spacial score (nSPS) is 10.6. The molecule has 0 bridgehead atoms. The van der Waals surface area contributed by atoms with Crippen molar-refractivity contribution < 1.29 is 23.3 Å². The van der Waals surface area contributed by atoms with Crippen LogP contribution in [-0.2, 0) is 7.05 Å². The van der Waals surface area contributed by atoms with E-state index >= 15 is 0 Å². The lowest BCUT2D eigenvalue weighted by Crippen LogP contribution is -1.99. The zero-order chi connectivity index (χ0) is 19.6. The van der Waals surface area contributed by atoms with Gasteiger partial charge in [-0.25, -0.2) is 4.39 Å². The van der Waals surface area contributed by atoms with E-state index in [1.807, 2.05) is 19.2 Å². The summed E-state index contributed by atoms with van der Waals surface area (Å²) >= 11 is 0. The van der Waals surface area contributed by atoms with Crippen LogP contribution in [0.4, 0.5) is 4.39 Å². The first-order valence-electron chi connectivity index (χ1n) is 8.20. The molecule has 1 heterocycles. The number of methoxy groups -OCH3 is 4. The maximum Gasteiger partial charge on any atom is 0.203 e. The van der Waals surface area contributed by atoms with Crippen LogP contribution in [0.3, 0.4) is 0 Å². The summed E-state index contributed by atoms with van der Waals surface area (Å²) in [6.07, 6.45) is 1.69. The van der Waals surface area contributed by atoms with Gasteiger partial charge in [-0.15, -0.1) is 0 Å². The van der Waals surface area contributed by atoms with Gasteiger partial charge in [0.05, 0.1) is 40.3 Å². The zero-order valence-corrected chi connectivity index (χ0v) is 15.9. The zero-order valence-electron chi connectivity index (χ0n) is 15.9. The van der Waals surface area contributed by atoms with Crippen molar-refractivity contribution in [2.24, 2.45) is 7.05 Å². The molecule has 0 atom stereocenters. The smallest absolute Gasteiger partial charge is 0.203 e. The van der Waals surface area contributed by atoms with E-state index in [2.05, 4.69) is 5.10 Å². The van der Waals surface area contributed by atoms with Crippen molar-refractivity contribution >= 4 is 0 Å². The minimum Gasteiger partial charge on any atom is -0.494 e. The van der Waals surface area contributed by atoms with E-state index in [0.29, 0.717) is 22.8 Å². The van der Waals surface area contributed by atoms with E-state index < -0.39 is 5.82 Å². The lowest BCUT2D eigenvalue weighted by Gasteiger charge is -2.15. The average molecular weight is 372 g/mol. The number of benzene rings is 2. The monoisotopic (exact) mass is 372 g/mol. The second-order valence-electron chi connectivity index (χ2n) is 5.79. The molecule has 0 aliphatic carbocycles. The Morgan fingerprint density at radius 3 is 1.96 bits per heavy atom. The van der Waals surface area contributed by atoms with Crippen LogP contribution >= 0.6 is 0 Å². The van der Waals surface area contributed by atoms with Gasteiger partial charge in [-0.05, 0) is 29.8 Å². The van der Waals surface area contributed by atoms with Gasteiger partial charge in [0.25, 0.3) is 0 Å². The van der Waals surface area contributed by atoms with Gasteiger partial charge >= 0.3 is 0 Å². The van der Waals surface area contributed by atoms with Crippen LogP contribution in [0.25, 0.3) is 22.4 Å². The Labute approximate surface area is 157 Å². The summed E-state index contributed by atoms with van der Waals surface area (Å²) in [7, 11) is 7.93. The Bertz CT molecular complexity index is 944. The third-order valence-electron chi connectivity index (χ3n) is 4.34. The maximum atomic E-state index is 14.2. The van der Waals surface area contributed by atoms with Gasteiger partial charge in [-0.1, -0.05) is 6.07 Å². The van der Waals surface area contributed by atoms with Gasteiger partial charge < -0.3 is 18.9 Å². The molecule has 0 saturated carbocycles. The van der Waals surface area contributed by atoms with Crippen molar-refractivity contribution in [1.29, 1.82) is 0 Å². The van der Waals surface area contributed by atoms with E-state index in [0.717, 1.165) is 16.8 Å². The van der Waals surface area contributed by atoms with Crippen LogP contribution in [-0.4, -0.2) is 38.2 Å². The minimum absolute atomic E-state index is 0.192. The van der Waals surface area contributed by atoms with Crippen molar-refractivity contribution in [1.82, 2.24) is 9.78 Å². The van der Waals surface area contributed by atoms with Gasteiger partial charge in [0.1, 0.15) is 0 Å². The molecule has 0 fully saturated rings. The highest BCUT2D eigenvalue weighted by Gasteiger charge is 2.19. The van der Waals surface area contributed by atoms with Crippen molar-refractivity contribution in [2.75, 3.05) is 28.4 Å². The Balaban J connectivity index is 2.19. The fourth-order valence-electron chi connectivity index (χ4n) is 3.04. The van der Waals surface area contributed by atoms with Crippen LogP contribution in [0.2, 0.25) is 0 Å². The first-order valence-corrected chi connectivity index (χ1v) is 8.20. The minimum atomic E-state index is -0.435. The highest BCUT2D eigenvalue weighted by molar-refractivity contribution is 5.83. The van der Waals surface area contributed by atoms with Gasteiger partial charge in [0.15, 0.2) is 23.1 Å². The van der Waals surface area contributed by atoms with Crippen LogP contribution in [0, 0.1) is 5.82 Å². The standard InChI is InChI=1S/C20H21FN2O4/c1-23-19(13-9-17(25-3)20(27-5)18(10-13)26-4)14(11-22-23)12-6-7-16(24-2)15(21)8-12/h6-11H,1-5H3. The Morgan fingerprint density at radius 2 is 1.44 bits per heavy atom. The average Bonchev–Trinajstić information content (AvgIpc) is 3.08. The van der Waals surface area contributed by atoms with Gasteiger partial charge in [0, 0.05) is 18.2 Å². The summed E-state index contributed by atoms with van der Waals surface area (Å²) in [4.78, 5) is 0. The Morgan fingerprint density at radius 1 is 0.815 bits per heavy atom. The molecule has 1 aromatic heterocycles. The van der Waals surface area contributed by atoms with Crippen molar-refractivity contribution in [3.8, 4) is 45.4 Å². The van der Waals surface area contributed by atoms with Gasteiger partial charge in [-0.3, -0.25) is 4.68 Å². The molecule has 0 spiro atoms. The van der Waals surface area contributed by atoms with E-state index in [-0.39, 0.29) is 5.75 Å². The molecule has 27 heavy (non-hydrogen) atoms. The quantitative estimate of drug-likeness (QED) is 0.656. The van der Waals surface area contributed by atoms with Crippen LogP contribution in [0.1, 0.15) is 0 Å². The molecule has 0 aliphatic heterocycles. The molecular formula is C20H21FN2O4. The molecule has 0 unspecified atom stereocenters. The first kappa shape index (κ1) is 18.6. The Kier molecular flexibility index (Phi) is 5.21. The van der Waals surface area contributed by atoms with E-state index in [1.54, 1.807) is 44.3 Å². The maximum absolute atomic E-state index is 14.2. The highest BCUT2D eigenvalue weighted by atomic mass is 19.1. The summed E-state index contributed by atoms with van der Waals surface area (Å²) in [6, 6.07) is 8.48. The number of aryl methyl sites for hydroxylation is 1. The number of aromatic nitrogens is 2. The number of nitrogens with zero attached hydrogens (tertiary/aromatic N) is 2. The second-order valence-corrected chi connectivity index (χ2v) is 5.79. The molecule has 0 radical (unpaired) electrons. The number of hydrogen-bond donors (Lipinski definition) is 0. The molecule has 0 saturated heterocycles. The molecule has 3 aromatic rings. The van der Waals surface area contributed by atoms with E-state index in [1.165, 1.54) is 13.2 Å². The summed E-state index contributed by atoms with van der Waals surface area (Å²) in [6.45, 7) is 0. The molecule has 142 valence electrons. The number of rotatable bonds is 6. The fourth-order valence-corrected chi connectivity index (χ4v) is 3.04. The third-order valence-corrected chi connectivity index (χ3v) is 4.34. The molecular weight excluding hydrogens is 351 g/mol. The van der Waals surface area contributed by atoms with Crippen molar-refractivity contribution in [3.63, 3.8) is 0 Å². The summed E-state index contributed by atoms with van der Waals surface area (Å²) < 4.78 is 37.2. The van der Waals surface area contributed by atoms with E-state index in [9.17, 15) is 4.39 Å². The largest absolute Gasteiger partial charge is 0.494 e. The predicted molar refractivity (Wildman–Crippen MR) is 100 cm³/mol. The van der Waals surface area contributed by atoms with E-state index in [4.69, 9.17) is 18.9 Å². The van der Waals surface area contributed by atoms with Crippen LogP contribution in [0.5, 0.6) is 23.0 Å². The third kappa shape index (κ3) is 3.28. The van der Waals surface area contributed by atoms with Gasteiger partial charge in [-0.2, -0.15) is 5.10 Å². The SMILES string of the molecule is COc1ccc(-c2cnn(C)c2-c2cc(OC)c(OC)c(OC)c2)cc1F. The van der Waals surface area contributed by atoms with Crippen molar-refractivity contribution in [2.45, 2.75) is 0 Å². The first-order chi connectivity index (χ1) is 13.0. The molecule has 3 rings (SSSR count). The molecule has 0 N–H and O–H groups in total. The lowest BCUT2D eigenvalue weighted by molar-refractivity contribution is 0.324. The second kappa shape index (κ2) is 7.57. The summed E-state index contributed by atoms with van der Waals surface area (Å²) in [5.74, 6) is 1.31. The summed E-state index contributed by atoms with van der Waals surface area (Å²) in [5.41, 5.74) is 3.05. The molecule has 6 nitrogen and oxygen atoms in total. The lowest BCUT2D eigenvalue weighted by atomic mass is 10.0. The number of halogens is 1. The molecule has 2 aromatic carbocycles. The van der Waals surface area contributed by atoms with Crippen LogP contribution < -0.4 is 18.9 Å². The van der Waals surface area contributed by atoms with Crippen molar-refractivity contribution in [3.05, 3.63) is 42.3 Å². The molecule has 7 heteroatoms. The summed E-state index contributed by atoms with van der Waals surface area (Å²) in [5, 5.41) is 4.35. The van der Waals surface area contributed by atoms with Gasteiger partial charge in [0.2, 0.25) is 5.75 Å². The fraction of sp³-hybridized carbons (Fsp3) is 0.250. The number of hydrogen-bond acceptors (Lipinski definition) is 5. The highest BCUT2D eigenvalue weighted by Crippen LogP contribution is 2.43. The molecule has 0 aliphatic rings. The predicted octanol–water partition coefficient (Wildman–Crippen LogP) is 3.93. The van der Waals surface area contributed by atoms with Crippen LogP contribution in [0.15, 0.2) is 36.5 Å². The Hall–Kier alpha value is -3.22. The topological polar surface area (TPSA) is 54.7 Å². The molecule has 0 amide bonds. The number of ether oxygens (including phenoxy) is 4.